The van der Waals surface area contributed by atoms with Crippen molar-refractivity contribution in [2.24, 2.45) is 0 Å². The summed E-state index contributed by atoms with van der Waals surface area (Å²) in [5.41, 5.74) is 11.7. The molecule has 0 unspecified atom stereocenters. The number of hydrogen-bond donors (Lipinski definition) is 0. The van der Waals surface area contributed by atoms with Crippen LogP contribution in [0.4, 0.5) is 17.1 Å². The Labute approximate surface area is 300 Å². The first-order valence-corrected chi connectivity index (χ1v) is 18.2. The van der Waals surface area contributed by atoms with Gasteiger partial charge in [0.2, 0.25) is 0 Å². The Morgan fingerprint density at radius 3 is 1.71 bits per heavy atom. The lowest BCUT2D eigenvalue weighted by Crippen LogP contribution is -2.09. The molecule has 0 aliphatic rings. The van der Waals surface area contributed by atoms with Crippen LogP contribution in [0.1, 0.15) is 0 Å². The van der Waals surface area contributed by atoms with Gasteiger partial charge in [-0.2, -0.15) is 0 Å². The van der Waals surface area contributed by atoms with E-state index in [-0.39, 0.29) is 0 Å². The smallest absolute Gasteiger partial charge is 0.0619 e. The van der Waals surface area contributed by atoms with E-state index >= 15 is 0 Å². The van der Waals surface area contributed by atoms with E-state index in [1.54, 1.807) is 0 Å². The van der Waals surface area contributed by atoms with Gasteiger partial charge in [0.1, 0.15) is 0 Å². The van der Waals surface area contributed by atoms with E-state index < -0.39 is 0 Å². The number of anilines is 3. The fourth-order valence-electron chi connectivity index (χ4n) is 7.63. The summed E-state index contributed by atoms with van der Waals surface area (Å²) in [4.78, 5) is 2.40. The maximum Gasteiger partial charge on any atom is 0.0619 e. The molecule has 2 heterocycles. The number of rotatable bonds is 6. The number of hydrogen-bond acceptors (Lipinski definition) is 2. The van der Waals surface area contributed by atoms with Gasteiger partial charge in [0.15, 0.2) is 0 Å². The third-order valence-corrected chi connectivity index (χ3v) is 11.1. The maximum absolute atomic E-state index is 2.45. The van der Waals surface area contributed by atoms with Crippen molar-refractivity contribution in [1.82, 2.24) is 4.57 Å². The molecule has 10 aromatic rings. The molecule has 10 rings (SSSR count). The van der Waals surface area contributed by atoms with E-state index in [2.05, 4.69) is 204 Å². The third kappa shape index (κ3) is 5.01. The zero-order valence-electron chi connectivity index (χ0n) is 27.8. The minimum atomic E-state index is 1.12. The molecule has 0 bridgehead atoms. The lowest BCUT2D eigenvalue weighted by atomic mass is 9.95. The third-order valence-electron chi connectivity index (χ3n) is 9.94. The van der Waals surface area contributed by atoms with E-state index in [0.29, 0.717) is 0 Å². The van der Waals surface area contributed by atoms with Gasteiger partial charge in [0, 0.05) is 59.3 Å². The van der Waals surface area contributed by atoms with Crippen LogP contribution < -0.4 is 4.90 Å². The molecule has 2 nitrogen and oxygen atoms in total. The Morgan fingerprint density at radius 2 is 0.961 bits per heavy atom. The summed E-state index contributed by atoms with van der Waals surface area (Å²) in [5.74, 6) is 0. The van der Waals surface area contributed by atoms with Crippen molar-refractivity contribution in [3.05, 3.63) is 194 Å². The molecule has 0 aliphatic carbocycles. The van der Waals surface area contributed by atoms with Crippen molar-refractivity contribution in [2.45, 2.75) is 0 Å². The second-order valence-corrected chi connectivity index (χ2v) is 14.1. The van der Waals surface area contributed by atoms with Gasteiger partial charge in [-0.15, -0.1) is 11.3 Å². The minimum Gasteiger partial charge on any atom is -0.310 e. The van der Waals surface area contributed by atoms with Gasteiger partial charge in [-0.1, -0.05) is 115 Å². The SMILES string of the molecule is c1ccc(-c2cc(-c3ccccc3)c3c(c2)c2cc(N(c4ccccc4)c4ccc5sc6ccccc6c5c4)ccc2n3-c2ccccc2)cc1. The summed E-state index contributed by atoms with van der Waals surface area (Å²) in [6, 6.07) is 70.4. The zero-order chi connectivity index (χ0) is 33.7. The van der Waals surface area contributed by atoms with Gasteiger partial charge in [0.05, 0.1) is 11.0 Å². The molecule has 0 fully saturated rings. The molecule has 0 N–H and O–H groups in total. The van der Waals surface area contributed by atoms with Crippen LogP contribution in [0.3, 0.4) is 0 Å². The first kappa shape index (κ1) is 29.5. The zero-order valence-corrected chi connectivity index (χ0v) is 28.6. The summed E-state index contributed by atoms with van der Waals surface area (Å²) in [7, 11) is 0. The van der Waals surface area contributed by atoms with Gasteiger partial charge in [0.25, 0.3) is 0 Å². The fraction of sp³-hybridized carbons (Fsp3) is 0. The molecule has 3 heteroatoms. The van der Waals surface area contributed by atoms with Crippen molar-refractivity contribution in [3.8, 4) is 27.9 Å². The fourth-order valence-corrected chi connectivity index (χ4v) is 8.72. The van der Waals surface area contributed by atoms with E-state index in [1.165, 1.54) is 64.2 Å². The molecule has 0 atom stereocenters. The molecule has 2 aromatic heterocycles. The van der Waals surface area contributed by atoms with Crippen molar-refractivity contribution >= 4 is 70.4 Å². The standard InChI is InChI=1S/C48H32N2S/c1-5-15-33(16-6-1)35-29-41(34-17-7-2-8-18-34)48-44(30-35)42-31-38(25-27-45(42)50(48)37-21-11-4-12-22-37)49(36-19-9-3-10-20-36)39-26-28-47-43(32-39)40-23-13-14-24-46(40)51-47/h1-32H. The van der Waals surface area contributed by atoms with Gasteiger partial charge in [-0.25, -0.2) is 0 Å². The molecule has 0 saturated heterocycles. The number of thiophene rings is 1. The van der Waals surface area contributed by atoms with Crippen LogP contribution in [0.5, 0.6) is 0 Å². The number of aromatic nitrogens is 1. The lowest BCUT2D eigenvalue weighted by Gasteiger charge is -2.26. The molecular formula is C48H32N2S. The normalized spacial score (nSPS) is 11.5. The monoisotopic (exact) mass is 668 g/mol. The van der Waals surface area contributed by atoms with Gasteiger partial charge >= 0.3 is 0 Å². The largest absolute Gasteiger partial charge is 0.310 e. The Balaban J connectivity index is 1.28. The van der Waals surface area contributed by atoms with Crippen molar-refractivity contribution in [3.63, 3.8) is 0 Å². The van der Waals surface area contributed by atoms with Crippen LogP contribution in [-0.4, -0.2) is 4.57 Å². The van der Waals surface area contributed by atoms with E-state index in [4.69, 9.17) is 0 Å². The molecular weight excluding hydrogens is 637 g/mol. The molecule has 8 aromatic carbocycles. The van der Waals surface area contributed by atoms with Crippen molar-refractivity contribution in [1.29, 1.82) is 0 Å². The van der Waals surface area contributed by atoms with Crippen molar-refractivity contribution < 1.29 is 0 Å². The Hall–Kier alpha value is -6.42. The predicted molar refractivity (Wildman–Crippen MR) is 219 cm³/mol. The summed E-state index contributed by atoms with van der Waals surface area (Å²) < 4.78 is 5.06. The van der Waals surface area contributed by atoms with Crippen LogP contribution in [0, 0.1) is 0 Å². The first-order chi connectivity index (χ1) is 25.3. The topological polar surface area (TPSA) is 8.17 Å². The first-order valence-electron chi connectivity index (χ1n) is 17.4. The summed E-state index contributed by atoms with van der Waals surface area (Å²) >= 11 is 1.86. The second kappa shape index (κ2) is 12.2. The lowest BCUT2D eigenvalue weighted by molar-refractivity contribution is 1.18. The Morgan fingerprint density at radius 1 is 0.373 bits per heavy atom. The van der Waals surface area contributed by atoms with E-state index in [9.17, 15) is 0 Å². The van der Waals surface area contributed by atoms with Gasteiger partial charge < -0.3 is 9.47 Å². The maximum atomic E-state index is 2.45. The molecule has 0 saturated carbocycles. The summed E-state index contributed by atoms with van der Waals surface area (Å²) in [6.07, 6.45) is 0. The number of para-hydroxylation sites is 2. The molecule has 0 amide bonds. The Bertz CT molecular complexity index is 2840. The predicted octanol–water partition coefficient (Wildman–Crippen LogP) is 14.0. The van der Waals surface area contributed by atoms with E-state index in [1.807, 2.05) is 11.3 Å². The van der Waals surface area contributed by atoms with Crippen LogP contribution in [-0.2, 0) is 0 Å². The highest BCUT2D eigenvalue weighted by molar-refractivity contribution is 7.25. The average Bonchev–Trinajstić information content (AvgIpc) is 3.74. The van der Waals surface area contributed by atoms with Crippen LogP contribution >= 0.6 is 11.3 Å². The minimum absolute atomic E-state index is 1.12. The summed E-state index contributed by atoms with van der Waals surface area (Å²) in [6.45, 7) is 0. The van der Waals surface area contributed by atoms with Crippen molar-refractivity contribution in [2.75, 3.05) is 4.90 Å². The molecule has 0 aliphatic heterocycles. The van der Waals surface area contributed by atoms with Crippen LogP contribution in [0.2, 0.25) is 0 Å². The quantitative estimate of drug-likeness (QED) is 0.171. The average molecular weight is 669 g/mol. The highest BCUT2D eigenvalue weighted by Crippen LogP contribution is 2.45. The number of benzene rings is 8. The molecule has 240 valence electrons. The van der Waals surface area contributed by atoms with Gasteiger partial charge in [-0.3, -0.25) is 0 Å². The highest BCUT2D eigenvalue weighted by Gasteiger charge is 2.21. The second-order valence-electron chi connectivity index (χ2n) is 13.0. The number of nitrogens with zero attached hydrogens (tertiary/aromatic N) is 2. The number of fused-ring (bicyclic) bond motifs is 6. The van der Waals surface area contributed by atoms with Gasteiger partial charge in [-0.05, 0) is 95.6 Å². The highest BCUT2D eigenvalue weighted by atomic mass is 32.1. The molecule has 0 radical (unpaired) electrons. The van der Waals surface area contributed by atoms with Crippen LogP contribution in [0.15, 0.2) is 194 Å². The molecule has 51 heavy (non-hydrogen) atoms. The van der Waals surface area contributed by atoms with E-state index in [0.717, 1.165) is 22.7 Å². The molecule has 0 spiro atoms. The van der Waals surface area contributed by atoms with Crippen LogP contribution in [0.25, 0.3) is 69.9 Å². The summed E-state index contributed by atoms with van der Waals surface area (Å²) in [5, 5.41) is 5.03. The Kier molecular flexibility index (Phi) is 7.04.